The van der Waals surface area contributed by atoms with Crippen molar-refractivity contribution in [3.05, 3.63) is 71.8 Å². The fraction of sp³-hybridized carbons (Fsp3) is 0. The van der Waals surface area contributed by atoms with Crippen LogP contribution in [0.1, 0.15) is 0 Å². The number of nitrogens with one attached hydrogen (secondary N) is 1. The molecule has 24 heavy (non-hydrogen) atoms. The monoisotopic (exact) mass is 363 g/mol. The molecule has 5 nitrogen and oxygen atoms in total. The Balaban J connectivity index is 0.00000208. The Morgan fingerprint density at radius 3 is 2.04 bits per heavy atom. The molecule has 0 aliphatic rings. The molecule has 0 radical (unpaired) electrons. The first-order valence-electron chi connectivity index (χ1n) is 6.76. The quantitative estimate of drug-likeness (QED) is 0.410. The van der Waals surface area contributed by atoms with E-state index in [1.165, 1.54) is 23.5 Å². The third kappa shape index (κ3) is 5.32. The summed E-state index contributed by atoms with van der Waals surface area (Å²) < 4.78 is 0. The summed E-state index contributed by atoms with van der Waals surface area (Å²) in [5, 5.41) is 4.06. The molecule has 2 aromatic carbocycles. The van der Waals surface area contributed by atoms with Crippen molar-refractivity contribution in [1.82, 2.24) is 9.97 Å². The van der Waals surface area contributed by atoms with Gasteiger partial charge in [0.05, 0.1) is 11.5 Å². The van der Waals surface area contributed by atoms with E-state index in [1.54, 1.807) is 6.20 Å². The number of nitroso groups, excluding NO2 is 1. The van der Waals surface area contributed by atoms with Gasteiger partial charge < -0.3 is 0 Å². The minimum absolute atomic E-state index is 0. The first-order chi connectivity index (χ1) is 11.3. The number of anilines is 1. The minimum atomic E-state index is 0. The van der Waals surface area contributed by atoms with Gasteiger partial charge in [-0.2, -0.15) is 0 Å². The van der Waals surface area contributed by atoms with Gasteiger partial charge in [0.2, 0.25) is 0 Å². The van der Waals surface area contributed by atoms with E-state index >= 15 is 0 Å². The Bertz CT molecular complexity index is 791. The van der Waals surface area contributed by atoms with Gasteiger partial charge in [0.1, 0.15) is 10.1 Å². The van der Waals surface area contributed by atoms with Crippen LogP contribution in [-0.2, 0) is 0 Å². The van der Waals surface area contributed by atoms with E-state index in [-0.39, 0.29) is 29.6 Å². The van der Waals surface area contributed by atoms with E-state index < -0.39 is 0 Å². The van der Waals surface area contributed by atoms with Crippen LogP contribution in [0.4, 0.5) is 5.82 Å². The molecule has 0 atom stereocenters. The summed E-state index contributed by atoms with van der Waals surface area (Å²) in [7, 11) is 0. The average Bonchev–Trinajstić information content (AvgIpc) is 2.59. The van der Waals surface area contributed by atoms with Crippen LogP contribution in [0.2, 0.25) is 0 Å². The van der Waals surface area contributed by atoms with Crippen LogP contribution in [0.15, 0.2) is 92.0 Å². The Morgan fingerprint density at radius 1 is 0.875 bits per heavy atom. The van der Waals surface area contributed by atoms with Crippen LogP contribution in [0, 0.1) is 4.91 Å². The second-order valence-corrected chi connectivity index (χ2v) is 6.55. The molecule has 1 N–H and O–H groups in total. The van der Waals surface area contributed by atoms with Gasteiger partial charge in [0.25, 0.3) is 0 Å². The fourth-order valence-corrected chi connectivity index (χ4v) is 3.50. The normalized spacial score (nSPS) is 9.83. The zero-order valence-corrected chi connectivity index (χ0v) is 16.6. The summed E-state index contributed by atoms with van der Waals surface area (Å²) in [6, 6.07) is 19.7. The number of hydrogen-bond donors (Lipinski definition) is 1. The molecule has 0 aliphatic carbocycles. The topological polar surface area (TPSA) is 67.2 Å². The summed E-state index contributed by atoms with van der Waals surface area (Å²) in [5.41, 5.74) is 2.35. The smallest absolute Gasteiger partial charge is 0.232 e. The molecule has 1 heterocycles. The second-order valence-electron chi connectivity index (χ2n) is 4.40. The van der Waals surface area contributed by atoms with Crippen molar-refractivity contribution in [1.29, 1.82) is 0 Å². The minimum Gasteiger partial charge on any atom is -0.232 e. The first kappa shape index (κ1) is 19.0. The van der Waals surface area contributed by atoms with Crippen molar-refractivity contribution in [2.45, 2.75) is 19.8 Å². The summed E-state index contributed by atoms with van der Waals surface area (Å²) >= 11 is 2.95. The first-order valence-corrected chi connectivity index (χ1v) is 8.39. The standard InChI is InChI=1S/C16H12N4OS2.Na/c21-20-19-15-16(23-13-9-5-2-6-10-13)18-14(11-17-15)22-12-7-3-1-4-8-12;/h1-11H,(H,17,19,21);/q;+1. The molecule has 0 bridgehead atoms. The van der Waals surface area contributed by atoms with Gasteiger partial charge in [-0.1, -0.05) is 59.9 Å². The van der Waals surface area contributed by atoms with Crippen LogP contribution in [-0.4, -0.2) is 9.97 Å². The number of hydrogen-bond acceptors (Lipinski definition) is 6. The summed E-state index contributed by atoms with van der Waals surface area (Å²) in [6.07, 6.45) is 1.63. The second kappa shape index (κ2) is 9.80. The third-order valence-corrected chi connectivity index (χ3v) is 4.69. The maximum absolute atomic E-state index is 10.5. The summed E-state index contributed by atoms with van der Waals surface area (Å²) in [5.74, 6) is 0.353. The number of nitrogens with zero attached hydrogens (tertiary/aromatic N) is 3. The number of aromatic nitrogens is 2. The van der Waals surface area contributed by atoms with Gasteiger partial charge in [-0.3, -0.25) is 0 Å². The maximum atomic E-state index is 10.5. The van der Waals surface area contributed by atoms with Gasteiger partial charge >= 0.3 is 29.6 Å². The molecule has 0 aliphatic heterocycles. The van der Waals surface area contributed by atoms with E-state index in [4.69, 9.17) is 0 Å². The van der Waals surface area contributed by atoms with Crippen molar-refractivity contribution in [3.63, 3.8) is 0 Å². The summed E-state index contributed by atoms with van der Waals surface area (Å²) in [6.45, 7) is 0. The van der Waals surface area contributed by atoms with Gasteiger partial charge in [-0.05, 0) is 24.3 Å². The molecule has 0 unspecified atom stereocenters. The molecule has 0 saturated heterocycles. The molecule has 3 aromatic rings. The zero-order valence-electron chi connectivity index (χ0n) is 12.9. The molecule has 0 fully saturated rings. The Labute approximate surface area is 170 Å². The van der Waals surface area contributed by atoms with Crippen LogP contribution >= 0.6 is 23.5 Å². The van der Waals surface area contributed by atoms with Crippen molar-refractivity contribution in [3.8, 4) is 0 Å². The Morgan fingerprint density at radius 2 is 1.46 bits per heavy atom. The van der Waals surface area contributed by atoms with Crippen LogP contribution in [0.5, 0.6) is 0 Å². The van der Waals surface area contributed by atoms with E-state index in [0.29, 0.717) is 10.8 Å². The van der Waals surface area contributed by atoms with Crippen molar-refractivity contribution >= 4 is 29.3 Å². The Hall–Kier alpha value is -1.38. The molecule has 114 valence electrons. The van der Waals surface area contributed by atoms with Crippen LogP contribution in [0.3, 0.4) is 0 Å². The number of rotatable bonds is 6. The third-order valence-electron chi connectivity index (χ3n) is 2.79. The van der Waals surface area contributed by atoms with Gasteiger partial charge in [-0.15, -0.1) is 4.91 Å². The van der Waals surface area contributed by atoms with Crippen molar-refractivity contribution in [2.75, 3.05) is 5.43 Å². The van der Waals surface area contributed by atoms with E-state index in [0.717, 1.165) is 14.8 Å². The predicted molar refractivity (Wildman–Crippen MR) is 92.6 cm³/mol. The average molecular weight is 363 g/mol. The fourth-order valence-electron chi connectivity index (χ4n) is 1.81. The van der Waals surface area contributed by atoms with E-state index in [1.807, 2.05) is 60.7 Å². The Kier molecular flexibility index (Phi) is 7.74. The molecule has 0 saturated carbocycles. The maximum Gasteiger partial charge on any atom is 1.00 e. The zero-order chi connectivity index (χ0) is 15.9. The van der Waals surface area contributed by atoms with E-state index in [2.05, 4.69) is 20.7 Å². The molecule has 8 heteroatoms. The predicted octanol–water partition coefficient (Wildman–Crippen LogP) is 1.88. The molecule has 0 spiro atoms. The molecule has 0 amide bonds. The molecule has 1 aromatic heterocycles. The van der Waals surface area contributed by atoms with Gasteiger partial charge in [0, 0.05) is 9.79 Å². The van der Waals surface area contributed by atoms with Gasteiger partial charge in [0.15, 0.2) is 5.82 Å². The van der Waals surface area contributed by atoms with Crippen molar-refractivity contribution < 1.29 is 29.6 Å². The van der Waals surface area contributed by atoms with Crippen LogP contribution < -0.4 is 35.0 Å². The van der Waals surface area contributed by atoms with Gasteiger partial charge in [-0.25, -0.2) is 15.4 Å². The number of benzene rings is 2. The largest absolute Gasteiger partial charge is 1.00 e. The molecular formula is C16H12N4NaOS2+. The van der Waals surface area contributed by atoms with Crippen LogP contribution in [0.25, 0.3) is 0 Å². The summed E-state index contributed by atoms with van der Waals surface area (Å²) in [4.78, 5) is 21.4. The van der Waals surface area contributed by atoms with E-state index in [9.17, 15) is 4.91 Å². The molecular weight excluding hydrogens is 351 g/mol. The van der Waals surface area contributed by atoms with Crippen molar-refractivity contribution in [2.24, 2.45) is 5.29 Å². The molecule has 3 rings (SSSR count). The SMILES string of the molecule is O=NNc1ncc(Sc2ccccc2)nc1Sc1ccccc1.[Na+].